The lowest BCUT2D eigenvalue weighted by atomic mass is 9.93. The monoisotopic (exact) mass is 240 g/mol. The molecule has 0 aliphatic heterocycles. The smallest absolute Gasteiger partial charge is 0.00289 e. The van der Waals surface area contributed by atoms with Gasteiger partial charge in [0, 0.05) is 0 Å². The minimum Gasteiger partial charge on any atom is -0.0807 e. The third-order valence-corrected chi connectivity index (χ3v) is 3.77. The first-order valence-electron chi connectivity index (χ1n) is 7.16. The molecule has 1 aliphatic carbocycles. The van der Waals surface area contributed by atoms with Gasteiger partial charge in [0.25, 0.3) is 0 Å². The fourth-order valence-electron chi connectivity index (χ4n) is 2.49. The van der Waals surface area contributed by atoms with Gasteiger partial charge in [-0.15, -0.1) is 0 Å². The number of hydrogen-bond donors (Lipinski definition) is 0. The summed E-state index contributed by atoms with van der Waals surface area (Å²) in [4.78, 5) is 0. The Bertz CT molecular complexity index is 443. The van der Waals surface area contributed by atoms with Crippen LogP contribution in [0.2, 0.25) is 0 Å². The third-order valence-electron chi connectivity index (χ3n) is 3.77. The molecule has 0 saturated heterocycles. The van der Waals surface area contributed by atoms with Crippen molar-refractivity contribution in [3.05, 3.63) is 58.7 Å². The normalized spacial score (nSPS) is 15.6. The number of rotatable bonds is 4. The molecule has 0 unspecified atom stereocenters. The molecule has 0 N–H and O–H groups in total. The molecule has 1 aromatic carbocycles. The number of allylic oxidation sites excluding steroid dienone is 4. The van der Waals surface area contributed by atoms with Crippen molar-refractivity contribution in [1.82, 2.24) is 0 Å². The Labute approximate surface area is 111 Å². The fourth-order valence-corrected chi connectivity index (χ4v) is 2.49. The minimum atomic E-state index is 0.625. The zero-order valence-electron chi connectivity index (χ0n) is 11.9. The van der Waals surface area contributed by atoms with E-state index in [0.29, 0.717) is 5.92 Å². The summed E-state index contributed by atoms with van der Waals surface area (Å²) in [6.07, 6.45) is 9.56. The molecule has 0 fully saturated rings. The quantitative estimate of drug-likeness (QED) is 0.660. The molecule has 0 amide bonds. The maximum absolute atomic E-state index is 2.40. The van der Waals surface area contributed by atoms with E-state index in [4.69, 9.17) is 0 Å². The molecule has 0 saturated carbocycles. The molecule has 1 aliphatic rings. The van der Waals surface area contributed by atoms with E-state index in [1.165, 1.54) is 36.0 Å². The highest BCUT2D eigenvalue weighted by Crippen LogP contribution is 2.23. The third kappa shape index (κ3) is 3.35. The molecule has 18 heavy (non-hydrogen) atoms. The Balaban J connectivity index is 2.06. The Morgan fingerprint density at radius 3 is 2.44 bits per heavy atom. The topological polar surface area (TPSA) is 0 Å². The number of hydrogen-bond acceptors (Lipinski definition) is 0. The average Bonchev–Trinajstić information content (AvgIpc) is 2.39. The second kappa shape index (κ2) is 6.04. The lowest BCUT2D eigenvalue weighted by Crippen LogP contribution is -1.96. The summed E-state index contributed by atoms with van der Waals surface area (Å²) in [6, 6.07) is 9.11. The van der Waals surface area contributed by atoms with Gasteiger partial charge in [0.1, 0.15) is 0 Å². The summed E-state index contributed by atoms with van der Waals surface area (Å²) in [6.45, 7) is 6.75. The van der Waals surface area contributed by atoms with E-state index in [-0.39, 0.29) is 0 Å². The second-order valence-corrected chi connectivity index (χ2v) is 5.55. The van der Waals surface area contributed by atoms with Crippen molar-refractivity contribution in [1.29, 1.82) is 0 Å². The Hall–Kier alpha value is -1.30. The van der Waals surface area contributed by atoms with E-state index in [2.05, 4.69) is 57.2 Å². The highest BCUT2D eigenvalue weighted by Gasteiger charge is 2.05. The molecule has 0 aromatic heterocycles. The van der Waals surface area contributed by atoms with Gasteiger partial charge < -0.3 is 0 Å². The van der Waals surface area contributed by atoms with Gasteiger partial charge in [-0.2, -0.15) is 0 Å². The fraction of sp³-hybridized carbons (Fsp3) is 0.444. The predicted octanol–water partition coefficient (Wildman–Crippen LogP) is 5.41. The zero-order valence-corrected chi connectivity index (χ0v) is 11.9. The molecule has 0 heteroatoms. The summed E-state index contributed by atoms with van der Waals surface area (Å²) in [5.74, 6) is 0.625. The van der Waals surface area contributed by atoms with Crippen LogP contribution in [0.15, 0.2) is 47.6 Å². The summed E-state index contributed by atoms with van der Waals surface area (Å²) in [7, 11) is 0. The van der Waals surface area contributed by atoms with E-state index < -0.39 is 0 Å². The van der Waals surface area contributed by atoms with Gasteiger partial charge in [-0.3, -0.25) is 0 Å². The first kappa shape index (κ1) is 13.1. The van der Waals surface area contributed by atoms with Crippen LogP contribution < -0.4 is 0 Å². The van der Waals surface area contributed by atoms with Crippen molar-refractivity contribution in [2.24, 2.45) is 0 Å². The molecule has 0 radical (unpaired) electrons. The zero-order chi connectivity index (χ0) is 13.0. The Kier molecular flexibility index (Phi) is 4.41. The van der Waals surface area contributed by atoms with Gasteiger partial charge in [0.2, 0.25) is 0 Å². The van der Waals surface area contributed by atoms with Crippen LogP contribution in [0.4, 0.5) is 0 Å². The highest BCUT2D eigenvalue weighted by atomic mass is 14.1. The molecular formula is C18H24. The largest absolute Gasteiger partial charge is 0.0807 e. The maximum Gasteiger partial charge on any atom is -0.00289 e. The highest BCUT2D eigenvalue weighted by molar-refractivity contribution is 5.34. The first-order valence-corrected chi connectivity index (χ1v) is 7.16. The van der Waals surface area contributed by atoms with Crippen molar-refractivity contribution < 1.29 is 0 Å². The lowest BCUT2D eigenvalue weighted by Gasteiger charge is -2.13. The molecule has 0 atom stereocenters. The number of benzene rings is 1. The summed E-state index contributed by atoms with van der Waals surface area (Å²) < 4.78 is 0. The van der Waals surface area contributed by atoms with Gasteiger partial charge in [0.15, 0.2) is 0 Å². The molecule has 0 spiro atoms. The second-order valence-electron chi connectivity index (χ2n) is 5.55. The van der Waals surface area contributed by atoms with Gasteiger partial charge in [0.05, 0.1) is 0 Å². The molecule has 96 valence electrons. The Morgan fingerprint density at radius 2 is 1.83 bits per heavy atom. The van der Waals surface area contributed by atoms with Gasteiger partial charge >= 0.3 is 0 Å². The van der Waals surface area contributed by atoms with E-state index in [9.17, 15) is 0 Å². The van der Waals surface area contributed by atoms with E-state index in [0.717, 1.165) is 6.42 Å². The predicted molar refractivity (Wildman–Crippen MR) is 79.9 cm³/mol. The summed E-state index contributed by atoms with van der Waals surface area (Å²) in [5, 5.41) is 0. The van der Waals surface area contributed by atoms with Gasteiger partial charge in [-0.25, -0.2) is 0 Å². The van der Waals surface area contributed by atoms with Crippen LogP contribution in [-0.2, 0) is 6.42 Å². The molecule has 0 nitrogen and oxygen atoms in total. The van der Waals surface area contributed by atoms with Crippen LogP contribution in [0.1, 0.15) is 57.1 Å². The molecule has 2 rings (SSSR count). The minimum absolute atomic E-state index is 0.625. The van der Waals surface area contributed by atoms with Crippen molar-refractivity contribution in [2.75, 3.05) is 0 Å². The molecule has 0 bridgehead atoms. The van der Waals surface area contributed by atoms with Crippen LogP contribution in [0, 0.1) is 0 Å². The first-order chi connectivity index (χ1) is 8.69. The van der Waals surface area contributed by atoms with Crippen molar-refractivity contribution >= 4 is 0 Å². The average molecular weight is 240 g/mol. The van der Waals surface area contributed by atoms with E-state index in [1.807, 2.05) is 0 Å². The molecule has 1 aromatic rings. The maximum atomic E-state index is 2.40. The van der Waals surface area contributed by atoms with Crippen LogP contribution in [-0.4, -0.2) is 0 Å². The van der Waals surface area contributed by atoms with E-state index in [1.54, 1.807) is 5.57 Å². The standard InChI is InChI=1S/C18H24/c1-4-15-6-5-7-17(12-15)13-16-8-10-18(11-9-16)14(2)3/h7-12,14H,4-6,13H2,1-3H3. The van der Waals surface area contributed by atoms with Crippen molar-refractivity contribution in [2.45, 2.75) is 52.4 Å². The van der Waals surface area contributed by atoms with E-state index >= 15 is 0 Å². The van der Waals surface area contributed by atoms with Gasteiger partial charge in [-0.1, -0.05) is 62.8 Å². The summed E-state index contributed by atoms with van der Waals surface area (Å²) >= 11 is 0. The Morgan fingerprint density at radius 1 is 1.11 bits per heavy atom. The molecular weight excluding hydrogens is 216 g/mol. The van der Waals surface area contributed by atoms with Gasteiger partial charge in [-0.05, 0) is 48.3 Å². The van der Waals surface area contributed by atoms with Crippen LogP contribution >= 0.6 is 0 Å². The van der Waals surface area contributed by atoms with Crippen molar-refractivity contribution in [3.63, 3.8) is 0 Å². The van der Waals surface area contributed by atoms with Crippen LogP contribution in [0.25, 0.3) is 0 Å². The molecule has 0 heterocycles. The van der Waals surface area contributed by atoms with Crippen LogP contribution in [0.3, 0.4) is 0 Å². The summed E-state index contributed by atoms with van der Waals surface area (Å²) in [5.41, 5.74) is 5.96. The SMILES string of the molecule is CCC1=CC(Cc2ccc(C(C)C)cc2)=CCC1. The van der Waals surface area contributed by atoms with Crippen molar-refractivity contribution in [3.8, 4) is 0 Å². The lowest BCUT2D eigenvalue weighted by molar-refractivity contribution is 0.863. The van der Waals surface area contributed by atoms with Crippen LogP contribution in [0.5, 0.6) is 0 Å².